The molecule has 1 atom stereocenters. The monoisotopic (exact) mass is 299 g/mol. The number of hydrogen-bond acceptors (Lipinski definition) is 7. The van der Waals surface area contributed by atoms with Gasteiger partial charge in [-0.1, -0.05) is 0 Å². The fourth-order valence-corrected chi connectivity index (χ4v) is 2.33. The maximum Gasteiger partial charge on any atom is 0.248 e. The second kappa shape index (κ2) is 6.25. The van der Waals surface area contributed by atoms with Gasteiger partial charge in [0.2, 0.25) is 11.9 Å². The molecule has 22 heavy (non-hydrogen) atoms. The first-order valence-electron chi connectivity index (χ1n) is 7.03. The van der Waals surface area contributed by atoms with Crippen LogP contribution in [0.2, 0.25) is 0 Å². The lowest BCUT2D eigenvalue weighted by atomic mass is 10.2. The summed E-state index contributed by atoms with van der Waals surface area (Å²) in [5, 5.41) is 6.04. The first-order chi connectivity index (χ1) is 10.8. The average Bonchev–Trinajstić information content (AvgIpc) is 2.57. The van der Waals surface area contributed by atoms with Gasteiger partial charge in [0, 0.05) is 37.5 Å². The summed E-state index contributed by atoms with van der Waals surface area (Å²) in [6, 6.07) is 1.72. The summed E-state index contributed by atoms with van der Waals surface area (Å²) in [7, 11) is 0. The molecule has 3 heterocycles. The van der Waals surface area contributed by atoms with Crippen LogP contribution in [0, 0.1) is 0 Å². The number of nitrogens with one attached hydrogen (secondary N) is 2. The number of amides is 1. The van der Waals surface area contributed by atoms with Gasteiger partial charge in [0.1, 0.15) is 0 Å². The van der Waals surface area contributed by atoms with Crippen molar-refractivity contribution in [3.63, 3.8) is 0 Å². The summed E-state index contributed by atoms with van der Waals surface area (Å²) >= 11 is 0. The molecule has 8 nitrogen and oxygen atoms in total. The lowest BCUT2D eigenvalue weighted by molar-refractivity contribution is -0.119. The highest BCUT2D eigenvalue weighted by atomic mass is 16.2. The van der Waals surface area contributed by atoms with Crippen LogP contribution in [0.1, 0.15) is 6.92 Å². The molecule has 1 aromatic rings. The van der Waals surface area contributed by atoms with Gasteiger partial charge in [-0.3, -0.25) is 9.69 Å². The molecule has 1 unspecified atom stereocenters. The van der Waals surface area contributed by atoms with Crippen molar-refractivity contribution in [3.05, 3.63) is 42.8 Å². The number of nitrogens with zero attached hydrogens (tertiary/aromatic N) is 5. The highest BCUT2D eigenvalue weighted by Crippen LogP contribution is 2.17. The maximum atomic E-state index is 12.6. The van der Waals surface area contributed by atoms with Crippen LogP contribution in [0.4, 0.5) is 5.95 Å². The zero-order valence-corrected chi connectivity index (χ0v) is 12.2. The number of likely N-dealkylation sites (N-methyl/N-ethyl adjacent to an activating group) is 1. The van der Waals surface area contributed by atoms with Gasteiger partial charge in [0.25, 0.3) is 0 Å². The van der Waals surface area contributed by atoms with Crippen molar-refractivity contribution in [1.29, 1.82) is 0 Å². The summed E-state index contributed by atoms with van der Waals surface area (Å²) in [5.74, 6) is 0.340. The Kier molecular flexibility index (Phi) is 3.99. The van der Waals surface area contributed by atoms with E-state index < -0.39 is 0 Å². The van der Waals surface area contributed by atoms with E-state index in [4.69, 9.17) is 0 Å². The standard InChI is InChI=1S/C14H17N7O/c1-2-21(14-17-4-3-5-18-14)12(22)9-20-7-6-16-11-8-15-10-19-13(11)20/h3-8,10,13,16H,2,9H2,1H3,(H,15,19). The minimum atomic E-state index is -0.217. The van der Waals surface area contributed by atoms with E-state index in [0.717, 1.165) is 5.70 Å². The second-order valence-corrected chi connectivity index (χ2v) is 4.74. The van der Waals surface area contributed by atoms with E-state index in [-0.39, 0.29) is 18.6 Å². The van der Waals surface area contributed by atoms with Gasteiger partial charge in [0.15, 0.2) is 6.17 Å². The van der Waals surface area contributed by atoms with Gasteiger partial charge in [-0.2, -0.15) is 0 Å². The van der Waals surface area contributed by atoms with Crippen LogP contribution >= 0.6 is 0 Å². The highest BCUT2D eigenvalue weighted by molar-refractivity contribution is 5.93. The van der Waals surface area contributed by atoms with E-state index in [1.807, 2.05) is 24.2 Å². The largest absolute Gasteiger partial charge is 0.359 e. The van der Waals surface area contributed by atoms with Crippen molar-refractivity contribution in [2.45, 2.75) is 13.1 Å². The number of aromatic nitrogens is 2. The minimum Gasteiger partial charge on any atom is -0.359 e. The molecule has 8 heteroatoms. The molecule has 2 N–H and O–H groups in total. The second-order valence-electron chi connectivity index (χ2n) is 4.74. The van der Waals surface area contributed by atoms with Crippen LogP contribution in [-0.4, -0.2) is 46.4 Å². The predicted molar refractivity (Wildman–Crippen MR) is 82.5 cm³/mol. The topological polar surface area (TPSA) is 85.8 Å². The molecule has 2 aliphatic heterocycles. The third-order valence-corrected chi connectivity index (χ3v) is 3.37. The third-order valence-electron chi connectivity index (χ3n) is 3.37. The van der Waals surface area contributed by atoms with E-state index in [9.17, 15) is 4.79 Å². The average molecular weight is 299 g/mol. The summed E-state index contributed by atoms with van der Waals surface area (Å²) in [6.45, 7) is 2.61. The van der Waals surface area contributed by atoms with E-state index in [0.29, 0.717) is 12.5 Å². The highest BCUT2D eigenvalue weighted by Gasteiger charge is 2.27. The maximum absolute atomic E-state index is 12.6. The van der Waals surface area contributed by atoms with Crippen molar-refractivity contribution >= 4 is 18.2 Å². The number of rotatable bonds is 4. The summed E-state index contributed by atoms with van der Waals surface area (Å²) in [6.07, 6.45) is 10.1. The van der Waals surface area contributed by atoms with Crippen molar-refractivity contribution in [2.75, 3.05) is 18.0 Å². The van der Waals surface area contributed by atoms with Gasteiger partial charge in [-0.25, -0.2) is 15.0 Å². The summed E-state index contributed by atoms with van der Waals surface area (Å²) in [5.41, 5.74) is 0.900. The van der Waals surface area contributed by atoms with Gasteiger partial charge in [0.05, 0.1) is 18.6 Å². The number of fused-ring (bicyclic) bond motifs is 1. The predicted octanol–water partition coefficient (Wildman–Crippen LogP) is 0.00490. The fourth-order valence-electron chi connectivity index (χ4n) is 2.33. The molecule has 114 valence electrons. The Bertz CT molecular complexity index is 625. The Hall–Kier alpha value is -2.90. The fraction of sp³-hybridized carbons (Fsp3) is 0.286. The smallest absolute Gasteiger partial charge is 0.248 e. The number of carbonyl (C=O) groups is 1. The Morgan fingerprint density at radius 2 is 2.23 bits per heavy atom. The molecule has 0 aliphatic carbocycles. The number of aliphatic imine (C=N–C) groups is 1. The van der Waals surface area contributed by atoms with Crippen molar-refractivity contribution in [3.8, 4) is 0 Å². The van der Waals surface area contributed by atoms with Gasteiger partial charge >= 0.3 is 0 Å². The summed E-state index contributed by atoms with van der Waals surface area (Å²) in [4.78, 5) is 28.6. The van der Waals surface area contributed by atoms with Crippen LogP contribution in [-0.2, 0) is 4.79 Å². The molecule has 0 aromatic carbocycles. The van der Waals surface area contributed by atoms with Crippen LogP contribution in [0.5, 0.6) is 0 Å². The number of anilines is 1. The zero-order chi connectivity index (χ0) is 15.4. The Morgan fingerprint density at radius 3 is 3.00 bits per heavy atom. The number of hydrogen-bond donors (Lipinski definition) is 2. The molecule has 0 spiro atoms. The molecule has 3 rings (SSSR count). The van der Waals surface area contributed by atoms with Gasteiger partial charge in [-0.05, 0) is 13.0 Å². The first kappa shape index (κ1) is 14.1. The van der Waals surface area contributed by atoms with E-state index in [1.165, 1.54) is 0 Å². The Balaban J connectivity index is 1.74. The van der Waals surface area contributed by atoms with Crippen LogP contribution in [0.3, 0.4) is 0 Å². The molecule has 1 amide bonds. The Morgan fingerprint density at radius 1 is 1.41 bits per heavy atom. The molecule has 0 saturated carbocycles. The molecular formula is C14H17N7O. The van der Waals surface area contributed by atoms with Crippen LogP contribution in [0.15, 0.2) is 47.7 Å². The molecule has 2 aliphatic rings. The lowest BCUT2D eigenvalue weighted by Crippen LogP contribution is -2.47. The van der Waals surface area contributed by atoms with Crippen molar-refractivity contribution < 1.29 is 4.79 Å². The molecule has 0 radical (unpaired) electrons. The molecule has 0 fully saturated rings. The van der Waals surface area contributed by atoms with E-state index in [2.05, 4.69) is 25.6 Å². The first-order valence-corrected chi connectivity index (χ1v) is 7.03. The third kappa shape index (κ3) is 2.76. The normalized spacial score (nSPS) is 18.9. The van der Waals surface area contributed by atoms with Crippen molar-refractivity contribution in [2.24, 2.45) is 4.99 Å². The van der Waals surface area contributed by atoms with Crippen LogP contribution in [0.25, 0.3) is 0 Å². The molecule has 1 aromatic heterocycles. The lowest BCUT2D eigenvalue weighted by Gasteiger charge is -2.34. The van der Waals surface area contributed by atoms with E-state index >= 15 is 0 Å². The number of carbonyl (C=O) groups excluding carboxylic acids is 1. The van der Waals surface area contributed by atoms with Gasteiger partial charge in [-0.15, -0.1) is 0 Å². The quantitative estimate of drug-likeness (QED) is 0.814. The zero-order valence-electron chi connectivity index (χ0n) is 12.2. The summed E-state index contributed by atoms with van der Waals surface area (Å²) < 4.78 is 0. The molecular weight excluding hydrogens is 282 g/mol. The minimum absolute atomic E-state index is 0.0756. The molecule has 0 saturated heterocycles. The Labute approximate surface area is 128 Å². The van der Waals surface area contributed by atoms with E-state index in [1.54, 1.807) is 35.9 Å². The van der Waals surface area contributed by atoms with Gasteiger partial charge < -0.3 is 15.5 Å². The van der Waals surface area contributed by atoms with Crippen LogP contribution < -0.4 is 15.5 Å². The van der Waals surface area contributed by atoms with Crippen molar-refractivity contribution in [1.82, 2.24) is 25.5 Å². The molecule has 0 bridgehead atoms. The SMILES string of the molecule is CCN(C(=O)CN1C=CNC2=CNC=NC21)c1ncccn1.